The number of aromatic hydroxyl groups is 1. The first kappa shape index (κ1) is 20.2. The molecule has 0 unspecified atom stereocenters. The lowest BCUT2D eigenvalue weighted by Crippen LogP contribution is -2.32. The maximum Gasteiger partial charge on any atom is 0.416 e. The summed E-state index contributed by atoms with van der Waals surface area (Å²) in [5.74, 6) is -1.63. The zero-order valence-electron chi connectivity index (χ0n) is 15.1. The van der Waals surface area contributed by atoms with E-state index in [0.717, 1.165) is 12.1 Å². The number of aromatic nitrogens is 2. The highest BCUT2D eigenvalue weighted by molar-refractivity contribution is 5.98. The molecule has 7 nitrogen and oxygen atoms in total. The highest BCUT2D eigenvalue weighted by Crippen LogP contribution is 2.29. The summed E-state index contributed by atoms with van der Waals surface area (Å²) in [6.07, 6.45) is -3.12. The zero-order valence-corrected chi connectivity index (χ0v) is 15.1. The van der Waals surface area contributed by atoms with Gasteiger partial charge in [0.25, 0.3) is 0 Å². The fourth-order valence-corrected chi connectivity index (χ4v) is 2.61. The number of halogens is 3. The van der Waals surface area contributed by atoms with E-state index < -0.39 is 34.6 Å². The topological polar surface area (TPSA) is 90.7 Å². The van der Waals surface area contributed by atoms with Crippen molar-refractivity contribution < 1.29 is 32.6 Å². The summed E-state index contributed by atoms with van der Waals surface area (Å²) in [5.41, 5.74) is -2.16. The monoisotopic (exact) mass is 408 g/mol. The van der Waals surface area contributed by atoms with Gasteiger partial charge in [-0.2, -0.15) is 13.2 Å². The minimum atomic E-state index is -4.47. The number of carbonyl (C=O) groups is 1. The molecular formula is C19H15F3N2O5. The van der Waals surface area contributed by atoms with Crippen LogP contribution in [0.25, 0.3) is 11.0 Å². The molecule has 0 saturated carbocycles. The number of benzene rings is 1. The Hall–Kier alpha value is -3.56. The molecule has 3 aromatic rings. The van der Waals surface area contributed by atoms with Gasteiger partial charge in [0.2, 0.25) is 0 Å². The Morgan fingerprint density at radius 1 is 1.21 bits per heavy atom. The summed E-state index contributed by atoms with van der Waals surface area (Å²) in [6, 6.07) is 7.10. The van der Waals surface area contributed by atoms with E-state index in [9.17, 15) is 27.9 Å². The average molecular weight is 408 g/mol. The molecule has 1 aromatic carbocycles. The van der Waals surface area contributed by atoms with Gasteiger partial charge in [-0.15, -0.1) is 4.73 Å². The first-order valence-electron chi connectivity index (χ1n) is 8.43. The van der Waals surface area contributed by atoms with Crippen molar-refractivity contribution in [3.05, 3.63) is 69.6 Å². The van der Waals surface area contributed by atoms with Crippen molar-refractivity contribution in [3.8, 4) is 5.75 Å². The van der Waals surface area contributed by atoms with E-state index in [1.807, 2.05) is 0 Å². The van der Waals surface area contributed by atoms with Crippen molar-refractivity contribution in [2.24, 2.45) is 0 Å². The summed E-state index contributed by atoms with van der Waals surface area (Å²) in [5, 5.41) is 10.4. The van der Waals surface area contributed by atoms with Crippen LogP contribution in [-0.4, -0.2) is 27.4 Å². The molecule has 0 aliphatic carbocycles. The third kappa shape index (κ3) is 4.00. The quantitative estimate of drug-likeness (QED) is 0.653. The number of ether oxygens (including phenoxy) is 1. The van der Waals surface area contributed by atoms with Gasteiger partial charge in [0.15, 0.2) is 11.2 Å². The summed E-state index contributed by atoms with van der Waals surface area (Å²) in [4.78, 5) is 34.2. The van der Waals surface area contributed by atoms with Gasteiger partial charge in [-0.05, 0) is 36.8 Å². The first-order chi connectivity index (χ1) is 13.7. The number of carbonyl (C=O) groups excluding carboxylic acids is 1. The van der Waals surface area contributed by atoms with Crippen LogP contribution in [0.3, 0.4) is 0 Å². The van der Waals surface area contributed by atoms with E-state index in [0.29, 0.717) is 10.3 Å². The minimum Gasteiger partial charge on any atom is -0.506 e. The van der Waals surface area contributed by atoms with Crippen molar-refractivity contribution in [2.75, 3.05) is 6.61 Å². The Kier molecular flexibility index (Phi) is 5.44. The van der Waals surface area contributed by atoms with E-state index in [2.05, 4.69) is 4.98 Å². The predicted molar refractivity (Wildman–Crippen MR) is 95.4 cm³/mol. The van der Waals surface area contributed by atoms with Gasteiger partial charge >= 0.3 is 17.7 Å². The molecule has 0 fully saturated rings. The van der Waals surface area contributed by atoms with Crippen molar-refractivity contribution in [3.63, 3.8) is 0 Å². The Morgan fingerprint density at radius 3 is 2.52 bits per heavy atom. The van der Waals surface area contributed by atoms with Crippen molar-refractivity contribution >= 4 is 17.0 Å². The van der Waals surface area contributed by atoms with Crippen LogP contribution in [0.4, 0.5) is 13.2 Å². The fraction of sp³-hybridized carbons (Fsp3) is 0.211. The number of esters is 1. The van der Waals surface area contributed by atoms with Crippen molar-refractivity contribution in [1.82, 2.24) is 9.71 Å². The van der Waals surface area contributed by atoms with E-state index in [1.54, 1.807) is 0 Å². The van der Waals surface area contributed by atoms with Crippen LogP contribution in [0.1, 0.15) is 28.4 Å². The number of alkyl halides is 3. The van der Waals surface area contributed by atoms with Crippen LogP contribution in [0.5, 0.6) is 5.75 Å². The summed E-state index contributed by atoms with van der Waals surface area (Å²) < 4.78 is 43.5. The summed E-state index contributed by atoms with van der Waals surface area (Å²) in [6.45, 7) is 1.24. The Balaban J connectivity index is 2.00. The van der Waals surface area contributed by atoms with Crippen molar-refractivity contribution in [1.29, 1.82) is 0 Å². The highest BCUT2D eigenvalue weighted by atomic mass is 19.4. The average Bonchev–Trinajstić information content (AvgIpc) is 2.68. The van der Waals surface area contributed by atoms with Crippen LogP contribution in [0.2, 0.25) is 0 Å². The number of hydrogen-bond acceptors (Lipinski definition) is 6. The van der Waals surface area contributed by atoms with Gasteiger partial charge in [-0.1, -0.05) is 12.1 Å². The molecule has 2 heterocycles. The third-order valence-electron chi connectivity index (χ3n) is 3.99. The van der Waals surface area contributed by atoms with Gasteiger partial charge in [0, 0.05) is 6.20 Å². The molecule has 0 aliphatic rings. The van der Waals surface area contributed by atoms with Gasteiger partial charge in [0.1, 0.15) is 12.4 Å². The molecule has 0 bridgehead atoms. The van der Waals surface area contributed by atoms with Crippen LogP contribution in [0, 0.1) is 0 Å². The lowest BCUT2D eigenvalue weighted by Gasteiger charge is -2.14. The Morgan fingerprint density at radius 2 is 1.90 bits per heavy atom. The second-order valence-electron chi connectivity index (χ2n) is 5.89. The zero-order chi connectivity index (χ0) is 21.2. The summed E-state index contributed by atoms with van der Waals surface area (Å²) >= 11 is 0. The van der Waals surface area contributed by atoms with Gasteiger partial charge < -0.3 is 14.7 Å². The van der Waals surface area contributed by atoms with Gasteiger partial charge in [-0.25, -0.2) is 9.78 Å². The van der Waals surface area contributed by atoms with E-state index in [1.165, 1.54) is 37.4 Å². The van der Waals surface area contributed by atoms with Crippen LogP contribution < -0.4 is 10.4 Å². The number of fused-ring (bicyclic) bond motifs is 1. The van der Waals surface area contributed by atoms with E-state index >= 15 is 0 Å². The van der Waals surface area contributed by atoms with Crippen LogP contribution >= 0.6 is 0 Å². The molecule has 0 radical (unpaired) electrons. The molecule has 3 rings (SSSR count). The number of nitrogens with zero attached hydrogens (tertiary/aromatic N) is 2. The predicted octanol–water partition coefficient (Wildman–Crippen LogP) is 2.93. The minimum absolute atomic E-state index is 0.0186. The molecule has 152 valence electrons. The second-order valence-corrected chi connectivity index (χ2v) is 5.89. The summed E-state index contributed by atoms with van der Waals surface area (Å²) in [7, 11) is 0. The molecule has 10 heteroatoms. The van der Waals surface area contributed by atoms with Crippen LogP contribution in [-0.2, 0) is 17.5 Å². The van der Waals surface area contributed by atoms with E-state index in [-0.39, 0.29) is 24.2 Å². The molecule has 0 saturated heterocycles. The fourth-order valence-electron chi connectivity index (χ4n) is 2.61. The van der Waals surface area contributed by atoms with E-state index in [4.69, 9.17) is 9.57 Å². The number of rotatable bonds is 5. The third-order valence-corrected chi connectivity index (χ3v) is 3.99. The second kappa shape index (κ2) is 7.82. The van der Waals surface area contributed by atoms with Crippen molar-refractivity contribution in [2.45, 2.75) is 19.7 Å². The van der Waals surface area contributed by atoms with Gasteiger partial charge in [-0.3, -0.25) is 4.79 Å². The van der Waals surface area contributed by atoms with Crippen LogP contribution in [0.15, 0.2) is 47.4 Å². The molecule has 29 heavy (non-hydrogen) atoms. The van der Waals surface area contributed by atoms with Gasteiger partial charge in [0.05, 0.1) is 17.6 Å². The largest absolute Gasteiger partial charge is 0.506 e. The first-order valence-corrected chi connectivity index (χ1v) is 8.43. The molecule has 0 aliphatic heterocycles. The molecule has 0 spiro atoms. The number of hydrogen-bond donors (Lipinski definition) is 1. The maximum absolute atomic E-state index is 12.7. The molecule has 1 N–H and O–H groups in total. The molecule has 0 amide bonds. The SMILES string of the molecule is CCOC(=O)c1c(O)c2cccnc2n(OCc2ccc(C(F)(F)F)cc2)c1=O. The lowest BCUT2D eigenvalue weighted by molar-refractivity contribution is -0.137. The lowest BCUT2D eigenvalue weighted by atomic mass is 10.1. The standard InChI is InChI=1S/C19H15F3N2O5/c1-2-28-18(27)14-15(25)13-4-3-9-23-16(13)24(17(14)26)29-10-11-5-7-12(8-6-11)19(20,21)22/h3-9,25H,2,10H2,1H3. The molecule has 2 aromatic heterocycles. The highest BCUT2D eigenvalue weighted by Gasteiger charge is 2.30. The number of pyridine rings is 2. The normalized spacial score (nSPS) is 11.4. The maximum atomic E-state index is 12.7. The molecular weight excluding hydrogens is 393 g/mol. The smallest absolute Gasteiger partial charge is 0.416 e. The Bertz CT molecular complexity index is 1110. The Labute approximate surface area is 161 Å². The molecule has 0 atom stereocenters.